The zero-order valence-corrected chi connectivity index (χ0v) is 18.2. The number of fused-ring (bicyclic) bond motifs is 1. The van der Waals surface area contributed by atoms with Gasteiger partial charge in [-0.05, 0) is 74.5 Å². The van der Waals surface area contributed by atoms with Gasteiger partial charge in [0.2, 0.25) is 0 Å². The molecule has 3 heterocycles. The minimum Gasteiger partial charge on any atom is -0.465 e. The maximum Gasteiger partial charge on any atom is 0.326 e. The summed E-state index contributed by atoms with van der Waals surface area (Å²) in [4.78, 5) is 42.2. The Balaban J connectivity index is 1.65. The van der Waals surface area contributed by atoms with Crippen LogP contribution in [-0.4, -0.2) is 44.7 Å². The van der Waals surface area contributed by atoms with Crippen molar-refractivity contribution in [2.45, 2.75) is 20.8 Å². The summed E-state index contributed by atoms with van der Waals surface area (Å²) in [5, 5.41) is 0.564. The van der Waals surface area contributed by atoms with Crippen LogP contribution in [0.15, 0.2) is 47.5 Å². The van der Waals surface area contributed by atoms with Gasteiger partial charge in [-0.1, -0.05) is 6.07 Å². The first-order valence-corrected chi connectivity index (χ1v) is 10.7. The number of thioether (sulfide) groups is 1. The highest BCUT2D eigenvalue weighted by atomic mass is 32.2. The molecule has 158 valence electrons. The van der Waals surface area contributed by atoms with Gasteiger partial charge in [-0.3, -0.25) is 24.3 Å². The van der Waals surface area contributed by atoms with Crippen LogP contribution in [0.5, 0.6) is 0 Å². The standard InChI is InChI=1S/C23H21N3O4S/c1-4-30-21(27)13-25-22(28)20(31-23(25)29)12-17-10-14(2)26(15(17)3)18-7-8-19-16(11-18)6-5-9-24-19/h5-12H,4,13H2,1-3H3/b20-12+. The molecule has 7 nitrogen and oxygen atoms in total. The van der Waals surface area contributed by atoms with Gasteiger partial charge in [-0.25, -0.2) is 0 Å². The van der Waals surface area contributed by atoms with Crippen molar-refractivity contribution < 1.29 is 19.1 Å². The van der Waals surface area contributed by atoms with Crippen LogP contribution < -0.4 is 0 Å². The average molecular weight is 436 g/mol. The van der Waals surface area contributed by atoms with Crippen LogP contribution in [0.3, 0.4) is 0 Å². The van der Waals surface area contributed by atoms with Gasteiger partial charge in [0.25, 0.3) is 11.1 Å². The van der Waals surface area contributed by atoms with E-state index in [1.807, 2.05) is 44.2 Å². The number of rotatable bonds is 5. The minimum absolute atomic E-state index is 0.196. The van der Waals surface area contributed by atoms with E-state index >= 15 is 0 Å². The Morgan fingerprint density at radius 2 is 2.00 bits per heavy atom. The number of amides is 2. The molecule has 2 amide bonds. The molecular weight excluding hydrogens is 414 g/mol. The number of esters is 1. The maximum absolute atomic E-state index is 12.7. The van der Waals surface area contributed by atoms with E-state index < -0.39 is 17.1 Å². The lowest BCUT2D eigenvalue weighted by Crippen LogP contribution is -2.34. The quantitative estimate of drug-likeness (QED) is 0.440. The van der Waals surface area contributed by atoms with Gasteiger partial charge in [0, 0.05) is 28.7 Å². The van der Waals surface area contributed by atoms with E-state index in [2.05, 4.69) is 15.6 Å². The molecular formula is C23H21N3O4S. The number of nitrogens with zero attached hydrogens (tertiary/aromatic N) is 3. The van der Waals surface area contributed by atoms with Crippen LogP contribution in [0, 0.1) is 13.8 Å². The van der Waals surface area contributed by atoms with Crippen molar-refractivity contribution in [2.24, 2.45) is 0 Å². The second kappa shape index (κ2) is 8.39. The Hall–Kier alpha value is -3.39. The Labute approximate surface area is 183 Å². The number of aryl methyl sites for hydroxylation is 1. The second-order valence-corrected chi connectivity index (χ2v) is 8.11. The van der Waals surface area contributed by atoms with E-state index in [4.69, 9.17) is 4.74 Å². The van der Waals surface area contributed by atoms with Crippen LogP contribution in [0.1, 0.15) is 23.9 Å². The Bertz CT molecular complexity index is 1240. The molecule has 8 heteroatoms. The lowest BCUT2D eigenvalue weighted by Gasteiger charge is -2.11. The summed E-state index contributed by atoms with van der Waals surface area (Å²) in [5.74, 6) is -1.08. The van der Waals surface area contributed by atoms with Crippen LogP contribution in [-0.2, 0) is 14.3 Å². The summed E-state index contributed by atoms with van der Waals surface area (Å²) in [6.45, 7) is 5.45. The molecule has 1 aliphatic heterocycles. The monoisotopic (exact) mass is 435 g/mol. The van der Waals surface area contributed by atoms with Crippen molar-refractivity contribution in [2.75, 3.05) is 13.2 Å². The van der Waals surface area contributed by atoms with E-state index in [9.17, 15) is 14.4 Å². The number of hydrogen-bond acceptors (Lipinski definition) is 6. The van der Waals surface area contributed by atoms with Crippen molar-refractivity contribution in [3.63, 3.8) is 0 Å². The van der Waals surface area contributed by atoms with E-state index in [-0.39, 0.29) is 18.1 Å². The lowest BCUT2D eigenvalue weighted by molar-refractivity contribution is -0.145. The summed E-state index contributed by atoms with van der Waals surface area (Å²) in [6, 6.07) is 11.9. The Kier molecular flexibility index (Phi) is 5.65. The minimum atomic E-state index is -0.602. The molecule has 1 fully saturated rings. The average Bonchev–Trinajstić information content (AvgIpc) is 3.17. The third kappa shape index (κ3) is 3.98. The molecule has 4 rings (SSSR count). The largest absolute Gasteiger partial charge is 0.465 e. The number of carbonyl (C=O) groups is 3. The summed E-state index contributed by atoms with van der Waals surface area (Å²) >= 11 is 0.831. The first-order valence-electron chi connectivity index (χ1n) is 9.84. The van der Waals surface area contributed by atoms with Crippen molar-refractivity contribution in [3.8, 4) is 5.69 Å². The van der Waals surface area contributed by atoms with Gasteiger partial charge in [0.15, 0.2) is 0 Å². The first kappa shape index (κ1) is 20.9. The van der Waals surface area contributed by atoms with Crippen molar-refractivity contribution in [3.05, 3.63) is 64.5 Å². The molecule has 1 aliphatic rings. The summed E-state index contributed by atoms with van der Waals surface area (Å²) in [7, 11) is 0. The molecule has 0 N–H and O–H groups in total. The summed E-state index contributed by atoms with van der Waals surface area (Å²) in [5.41, 5.74) is 4.69. The molecule has 1 saturated heterocycles. The summed E-state index contributed by atoms with van der Waals surface area (Å²) in [6.07, 6.45) is 3.47. The van der Waals surface area contributed by atoms with Gasteiger partial charge >= 0.3 is 5.97 Å². The molecule has 0 radical (unpaired) electrons. The molecule has 0 saturated carbocycles. The zero-order valence-electron chi connectivity index (χ0n) is 17.4. The van der Waals surface area contributed by atoms with Gasteiger partial charge in [0.1, 0.15) is 6.54 Å². The number of pyridine rings is 1. The van der Waals surface area contributed by atoms with Crippen LogP contribution in [0.25, 0.3) is 22.7 Å². The number of benzene rings is 1. The molecule has 1 aromatic carbocycles. The number of ether oxygens (including phenoxy) is 1. The van der Waals surface area contributed by atoms with E-state index in [0.29, 0.717) is 0 Å². The Morgan fingerprint density at radius 3 is 2.77 bits per heavy atom. The fraction of sp³-hybridized carbons (Fsp3) is 0.217. The lowest BCUT2D eigenvalue weighted by atomic mass is 10.2. The molecule has 0 spiro atoms. The molecule has 0 aliphatic carbocycles. The first-order chi connectivity index (χ1) is 14.9. The summed E-state index contributed by atoms with van der Waals surface area (Å²) < 4.78 is 6.95. The van der Waals surface area contributed by atoms with Gasteiger partial charge in [0.05, 0.1) is 17.0 Å². The third-order valence-electron chi connectivity index (χ3n) is 5.07. The number of carbonyl (C=O) groups excluding carboxylic acids is 3. The molecule has 3 aromatic rings. The SMILES string of the molecule is CCOC(=O)CN1C(=O)S/C(=C/c2cc(C)n(-c3ccc4ncccc4c3)c2C)C1=O. The van der Waals surface area contributed by atoms with E-state index in [0.717, 1.165) is 50.2 Å². The van der Waals surface area contributed by atoms with E-state index in [1.165, 1.54) is 0 Å². The van der Waals surface area contributed by atoms with Gasteiger partial charge in [-0.2, -0.15) is 0 Å². The fourth-order valence-electron chi connectivity index (χ4n) is 3.65. The maximum atomic E-state index is 12.7. The number of imide groups is 1. The predicted octanol–water partition coefficient (Wildman–Crippen LogP) is 4.24. The van der Waals surface area contributed by atoms with Gasteiger partial charge in [-0.15, -0.1) is 0 Å². The van der Waals surface area contributed by atoms with E-state index in [1.54, 1.807) is 19.2 Å². The normalized spacial score (nSPS) is 15.3. The highest BCUT2D eigenvalue weighted by Gasteiger charge is 2.36. The van der Waals surface area contributed by atoms with Crippen LogP contribution in [0.2, 0.25) is 0 Å². The van der Waals surface area contributed by atoms with Gasteiger partial charge < -0.3 is 9.30 Å². The topological polar surface area (TPSA) is 81.5 Å². The zero-order chi connectivity index (χ0) is 22.1. The van der Waals surface area contributed by atoms with Crippen molar-refractivity contribution >= 4 is 45.9 Å². The highest BCUT2D eigenvalue weighted by Crippen LogP contribution is 2.34. The van der Waals surface area contributed by atoms with Crippen LogP contribution >= 0.6 is 11.8 Å². The Morgan fingerprint density at radius 1 is 1.19 bits per heavy atom. The fourth-order valence-corrected chi connectivity index (χ4v) is 4.48. The third-order valence-corrected chi connectivity index (χ3v) is 5.98. The highest BCUT2D eigenvalue weighted by molar-refractivity contribution is 8.18. The van der Waals surface area contributed by atoms with Crippen molar-refractivity contribution in [1.29, 1.82) is 0 Å². The second-order valence-electron chi connectivity index (χ2n) is 7.12. The number of aromatic nitrogens is 2. The molecule has 0 unspecified atom stereocenters. The molecule has 2 aromatic heterocycles. The van der Waals surface area contributed by atoms with Crippen molar-refractivity contribution in [1.82, 2.24) is 14.5 Å². The molecule has 0 bridgehead atoms. The molecule has 0 atom stereocenters. The number of hydrogen-bond donors (Lipinski definition) is 0. The smallest absolute Gasteiger partial charge is 0.326 e. The molecule has 31 heavy (non-hydrogen) atoms. The van der Waals surface area contributed by atoms with Crippen LogP contribution in [0.4, 0.5) is 4.79 Å². The predicted molar refractivity (Wildman–Crippen MR) is 120 cm³/mol.